The molecule has 5 nitrogen and oxygen atoms in total. The highest BCUT2D eigenvalue weighted by molar-refractivity contribution is 9.10. The molecule has 0 saturated carbocycles. The van der Waals surface area contributed by atoms with E-state index in [4.69, 9.17) is 14.2 Å². The molecule has 2 unspecified atom stereocenters. The summed E-state index contributed by atoms with van der Waals surface area (Å²) in [6.07, 6.45) is -0.899. The molecule has 1 aliphatic rings. The van der Waals surface area contributed by atoms with Gasteiger partial charge in [-0.15, -0.1) is 0 Å². The van der Waals surface area contributed by atoms with Gasteiger partial charge in [0.1, 0.15) is 17.6 Å². The van der Waals surface area contributed by atoms with Crippen LogP contribution in [0.25, 0.3) is 0 Å². The molecule has 2 rings (SSSR count). The van der Waals surface area contributed by atoms with Crippen molar-refractivity contribution >= 4 is 21.9 Å². The van der Waals surface area contributed by atoms with Crippen molar-refractivity contribution in [2.24, 2.45) is 0 Å². The van der Waals surface area contributed by atoms with E-state index < -0.39 is 6.10 Å². The van der Waals surface area contributed by atoms with E-state index in [1.165, 1.54) is 7.11 Å². The van der Waals surface area contributed by atoms with Crippen molar-refractivity contribution in [3.63, 3.8) is 0 Å². The van der Waals surface area contributed by atoms with Gasteiger partial charge in [-0.3, -0.25) is 0 Å². The van der Waals surface area contributed by atoms with Crippen molar-refractivity contribution in [2.75, 3.05) is 21.3 Å². The van der Waals surface area contributed by atoms with Crippen molar-refractivity contribution in [1.82, 2.24) is 0 Å². The van der Waals surface area contributed by atoms with Gasteiger partial charge in [-0.2, -0.15) is 0 Å². The number of carbonyl (C=O) groups is 1. The summed E-state index contributed by atoms with van der Waals surface area (Å²) in [4.78, 5) is 11.4. The van der Waals surface area contributed by atoms with Gasteiger partial charge < -0.3 is 18.9 Å². The molecular weight excluding hydrogens is 304 g/mol. The molecule has 6 heteroatoms. The number of rotatable bonds is 4. The average Bonchev–Trinajstić information content (AvgIpc) is 3.17. The fraction of sp³-hybridized carbons (Fsp3) is 0.417. The molecule has 2 atom stereocenters. The lowest BCUT2D eigenvalue weighted by atomic mass is 10.1. The van der Waals surface area contributed by atoms with Crippen molar-refractivity contribution < 1.29 is 23.7 Å². The molecule has 1 aromatic carbocycles. The normalized spacial score (nSPS) is 21.3. The van der Waals surface area contributed by atoms with Crippen molar-refractivity contribution in [3.05, 3.63) is 22.2 Å². The molecule has 0 aliphatic carbocycles. The van der Waals surface area contributed by atoms with Crippen LogP contribution in [-0.2, 0) is 14.3 Å². The smallest absolute Gasteiger partial charge is 0.338 e. The number of hydrogen-bond acceptors (Lipinski definition) is 5. The Morgan fingerprint density at radius 2 is 1.89 bits per heavy atom. The van der Waals surface area contributed by atoms with E-state index in [1.54, 1.807) is 26.4 Å². The van der Waals surface area contributed by atoms with E-state index in [9.17, 15) is 4.79 Å². The van der Waals surface area contributed by atoms with Crippen LogP contribution in [0.15, 0.2) is 16.6 Å². The first-order chi connectivity index (χ1) is 8.62. The summed E-state index contributed by atoms with van der Waals surface area (Å²) < 4.78 is 21.2. The maximum absolute atomic E-state index is 11.4. The number of ether oxygens (including phenoxy) is 4. The molecule has 18 heavy (non-hydrogen) atoms. The van der Waals surface area contributed by atoms with Crippen LogP contribution in [0.5, 0.6) is 11.5 Å². The Balaban J connectivity index is 2.30. The summed E-state index contributed by atoms with van der Waals surface area (Å²) in [6, 6.07) is 3.57. The first kappa shape index (κ1) is 13.2. The van der Waals surface area contributed by atoms with Gasteiger partial charge in [0.05, 0.1) is 25.8 Å². The third-order valence-electron chi connectivity index (χ3n) is 2.74. The zero-order valence-electron chi connectivity index (χ0n) is 10.2. The van der Waals surface area contributed by atoms with Crippen LogP contribution in [-0.4, -0.2) is 33.4 Å². The zero-order chi connectivity index (χ0) is 13.3. The fourth-order valence-corrected chi connectivity index (χ4v) is 2.23. The number of halogens is 1. The molecule has 1 aromatic rings. The Hall–Kier alpha value is -1.27. The fourth-order valence-electron chi connectivity index (χ4n) is 1.75. The van der Waals surface area contributed by atoms with Crippen LogP contribution >= 0.6 is 15.9 Å². The zero-order valence-corrected chi connectivity index (χ0v) is 11.8. The third-order valence-corrected chi connectivity index (χ3v) is 3.36. The van der Waals surface area contributed by atoms with Gasteiger partial charge in [0, 0.05) is 5.56 Å². The first-order valence-corrected chi connectivity index (χ1v) is 6.06. The summed E-state index contributed by atoms with van der Waals surface area (Å²) in [6.45, 7) is 0. The highest BCUT2D eigenvalue weighted by atomic mass is 79.9. The van der Waals surface area contributed by atoms with Crippen LogP contribution in [0.4, 0.5) is 0 Å². The SMILES string of the molecule is COC(=O)C1OC1c1cc(OC)c(Br)cc1OC. The topological polar surface area (TPSA) is 57.3 Å². The van der Waals surface area contributed by atoms with Crippen LogP contribution in [0.3, 0.4) is 0 Å². The summed E-state index contributed by atoms with van der Waals surface area (Å²) in [5, 5.41) is 0. The van der Waals surface area contributed by atoms with Crippen LogP contribution in [0.2, 0.25) is 0 Å². The molecule has 98 valence electrons. The summed E-state index contributed by atoms with van der Waals surface area (Å²) in [7, 11) is 4.47. The number of methoxy groups -OCH3 is 3. The van der Waals surface area contributed by atoms with Gasteiger partial charge in [0.2, 0.25) is 0 Å². The standard InChI is InChI=1S/C12H13BrO5/c1-15-8-5-7(13)9(16-2)4-6(8)10-11(18-10)12(14)17-3/h4-5,10-11H,1-3H3. The van der Waals surface area contributed by atoms with E-state index in [-0.39, 0.29) is 12.1 Å². The van der Waals surface area contributed by atoms with Gasteiger partial charge in [0.15, 0.2) is 6.10 Å². The van der Waals surface area contributed by atoms with Crippen molar-refractivity contribution in [2.45, 2.75) is 12.2 Å². The molecule has 0 bridgehead atoms. The number of hydrogen-bond donors (Lipinski definition) is 0. The first-order valence-electron chi connectivity index (χ1n) is 5.27. The van der Waals surface area contributed by atoms with E-state index >= 15 is 0 Å². The molecule has 1 fully saturated rings. The van der Waals surface area contributed by atoms with E-state index in [2.05, 4.69) is 20.7 Å². The molecule has 1 saturated heterocycles. The highest BCUT2D eigenvalue weighted by Gasteiger charge is 2.48. The second-order valence-electron chi connectivity index (χ2n) is 3.73. The van der Waals surface area contributed by atoms with E-state index in [0.29, 0.717) is 11.5 Å². The van der Waals surface area contributed by atoms with Gasteiger partial charge >= 0.3 is 5.97 Å². The van der Waals surface area contributed by atoms with Crippen molar-refractivity contribution in [1.29, 1.82) is 0 Å². The predicted octanol–water partition coefficient (Wildman–Crippen LogP) is 2.08. The third kappa shape index (κ3) is 2.30. The lowest BCUT2D eigenvalue weighted by molar-refractivity contribution is -0.142. The molecule has 0 aromatic heterocycles. The second-order valence-corrected chi connectivity index (χ2v) is 4.58. The lowest BCUT2D eigenvalue weighted by Crippen LogP contribution is -2.09. The van der Waals surface area contributed by atoms with Gasteiger partial charge in [-0.25, -0.2) is 4.79 Å². The van der Waals surface area contributed by atoms with E-state index in [0.717, 1.165) is 10.0 Å². The number of benzene rings is 1. The Morgan fingerprint density at radius 3 is 2.44 bits per heavy atom. The maximum Gasteiger partial charge on any atom is 0.338 e. The Morgan fingerprint density at radius 1 is 1.22 bits per heavy atom. The van der Waals surface area contributed by atoms with Gasteiger partial charge in [0.25, 0.3) is 0 Å². The Kier molecular flexibility index (Phi) is 3.77. The van der Waals surface area contributed by atoms with Gasteiger partial charge in [-0.05, 0) is 28.1 Å². The molecule has 0 spiro atoms. The maximum atomic E-state index is 11.4. The summed E-state index contributed by atoms with van der Waals surface area (Å²) >= 11 is 3.37. The van der Waals surface area contributed by atoms with Crippen LogP contribution in [0.1, 0.15) is 11.7 Å². The minimum absolute atomic E-state index is 0.339. The summed E-state index contributed by atoms with van der Waals surface area (Å²) in [5.41, 5.74) is 0.771. The molecule has 0 amide bonds. The highest BCUT2D eigenvalue weighted by Crippen LogP contribution is 2.46. The molecule has 1 aliphatic heterocycles. The minimum Gasteiger partial charge on any atom is -0.496 e. The van der Waals surface area contributed by atoms with Crippen LogP contribution < -0.4 is 9.47 Å². The molecular formula is C12H13BrO5. The van der Waals surface area contributed by atoms with Crippen molar-refractivity contribution in [3.8, 4) is 11.5 Å². The van der Waals surface area contributed by atoms with Gasteiger partial charge in [-0.1, -0.05) is 0 Å². The monoisotopic (exact) mass is 316 g/mol. The molecule has 1 heterocycles. The molecule has 0 N–H and O–H groups in total. The molecule has 0 radical (unpaired) electrons. The second kappa shape index (κ2) is 5.16. The lowest BCUT2D eigenvalue weighted by Gasteiger charge is -2.10. The number of esters is 1. The summed E-state index contributed by atoms with van der Waals surface area (Å²) in [5.74, 6) is 0.910. The number of epoxide rings is 1. The Bertz CT molecular complexity index is 474. The number of carbonyl (C=O) groups excluding carboxylic acids is 1. The largest absolute Gasteiger partial charge is 0.496 e. The average molecular weight is 317 g/mol. The van der Waals surface area contributed by atoms with Crippen LogP contribution in [0, 0.1) is 0 Å². The van der Waals surface area contributed by atoms with E-state index in [1.807, 2.05) is 0 Å². The quantitative estimate of drug-likeness (QED) is 0.629. The predicted molar refractivity (Wildman–Crippen MR) is 66.9 cm³/mol. The minimum atomic E-state index is -0.560. The Labute approximate surface area is 113 Å².